The van der Waals surface area contributed by atoms with Gasteiger partial charge in [0.1, 0.15) is 5.82 Å². The van der Waals surface area contributed by atoms with Gasteiger partial charge in [-0.1, -0.05) is 17.7 Å². The summed E-state index contributed by atoms with van der Waals surface area (Å²) in [6.45, 7) is 0.0653. The fraction of sp³-hybridized carbons (Fsp3) is 0.333. The number of rotatable bonds is 6. The highest BCUT2D eigenvalue weighted by Gasteiger charge is 2.20. The van der Waals surface area contributed by atoms with E-state index in [2.05, 4.69) is 15.5 Å². The van der Waals surface area contributed by atoms with Crippen LogP contribution in [0.2, 0.25) is 5.02 Å². The molecule has 21 heavy (non-hydrogen) atoms. The average Bonchev–Trinajstić information content (AvgIpc) is 2.85. The Balaban J connectivity index is 2.32. The Kier molecular flexibility index (Phi) is 4.81. The first-order valence-corrected chi connectivity index (χ1v) is 6.36. The minimum absolute atomic E-state index is 0.0642. The largest absolute Gasteiger partial charge is 0.481 e. The molecule has 9 heteroatoms. The van der Waals surface area contributed by atoms with Crippen LogP contribution in [0.3, 0.4) is 0 Å². The first-order chi connectivity index (χ1) is 10.0. The third kappa shape index (κ3) is 3.53. The molecule has 0 aliphatic heterocycles. The van der Waals surface area contributed by atoms with E-state index in [1.807, 2.05) is 0 Å². The summed E-state index contributed by atoms with van der Waals surface area (Å²) in [5.41, 5.74) is 0.0642. The van der Waals surface area contributed by atoms with E-state index >= 15 is 0 Å². The maximum absolute atomic E-state index is 13.9. The maximum Gasteiger partial charge on any atom is 0.306 e. The van der Waals surface area contributed by atoms with Gasteiger partial charge in [-0.25, -0.2) is 9.07 Å². The van der Waals surface area contributed by atoms with E-state index in [1.54, 1.807) is 0 Å². The van der Waals surface area contributed by atoms with Gasteiger partial charge in [0, 0.05) is 7.11 Å². The third-order valence-electron chi connectivity index (χ3n) is 2.83. The third-order valence-corrected chi connectivity index (χ3v) is 3.15. The molecular weight excluding hydrogens is 303 g/mol. The van der Waals surface area contributed by atoms with E-state index in [0.717, 1.165) is 0 Å². The Labute approximate surface area is 124 Å². The van der Waals surface area contributed by atoms with Crippen molar-refractivity contribution in [3.05, 3.63) is 29.0 Å². The number of carbonyl (C=O) groups is 1. The second-order valence-electron chi connectivity index (χ2n) is 4.24. The number of aromatic nitrogens is 4. The molecule has 1 heterocycles. The molecule has 2 rings (SSSR count). The summed E-state index contributed by atoms with van der Waals surface area (Å²) in [5, 5.41) is 19.9. The highest BCUT2D eigenvalue weighted by molar-refractivity contribution is 6.33. The summed E-state index contributed by atoms with van der Waals surface area (Å²) in [6, 6.07) is 4.23. The van der Waals surface area contributed by atoms with Crippen molar-refractivity contribution < 1.29 is 19.0 Å². The van der Waals surface area contributed by atoms with Gasteiger partial charge in [-0.15, -0.1) is 5.10 Å². The molecule has 1 aromatic heterocycles. The number of aliphatic carboxylic acids is 1. The molecule has 1 atom stereocenters. The molecule has 2 aromatic rings. The summed E-state index contributed by atoms with van der Waals surface area (Å²) < 4.78 is 20.2. The van der Waals surface area contributed by atoms with Crippen LogP contribution in [0.5, 0.6) is 0 Å². The predicted octanol–water partition coefficient (Wildman–Crippen LogP) is 1.62. The Hall–Kier alpha value is -2.06. The summed E-state index contributed by atoms with van der Waals surface area (Å²) in [7, 11) is 1.38. The Morgan fingerprint density at radius 1 is 1.57 bits per heavy atom. The van der Waals surface area contributed by atoms with E-state index < -0.39 is 17.9 Å². The number of methoxy groups -OCH3 is 1. The quantitative estimate of drug-likeness (QED) is 0.871. The van der Waals surface area contributed by atoms with Gasteiger partial charge in [0.25, 0.3) is 0 Å². The summed E-state index contributed by atoms with van der Waals surface area (Å²) in [6.07, 6.45) is -0.865. The summed E-state index contributed by atoms with van der Waals surface area (Å²) in [4.78, 5) is 10.7. The molecule has 112 valence electrons. The molecule has 0 aliphatic carbocycles. The molecule has 0 saturated heterocycles. The Morgan fingerprint density at radius 2 is 2.33 bits per heavy atom. The SMILES string of the molecule is COC(CC(=O)O)Cn1nnnc1-c1c(F)cccc1Cl. The van der Waals surface area contributed by atoms with Crippen LogP contribution in [0.1, 0.15) is 6.42 Å². The molecule has 1 aromatic carbocycles. The highest BCUT2D eigenvalue weighted by atomic mass is 35.5. The second kappa shape index (κ2) is 6.59. The molecule has 0 radical (unpaired) electrons. The fourth-order valence-electron chi connectivity index (χ4n) is 1.83. The van der Waals surface area contributed by atoms with Gasteiger partial charge < -0.3 is 9.84 Å². The van der Waals surface area contributed by atoms with Crippen molar-refractivity contribution in [2.45, 2.75) is 19.1 Å². The van der Waals surface area contributed by atoms with Crippen molar-refractivity contribution in [3.63, 3.8) is 0 Å². The van der Waals surface area contributed by atoms with Crippen LogP contribution in [-0.2, 0) is 16.1 Å². The molecule has 0 spiro atoms. The first-order valence-electron chi connectivity index (χ1n) is 5.98. The lowest BCUT2D eigenvalue weighted by atomic mass is 10.2. The van der Waals surface area contributed by atoms with Gasteiger partial charge >= 0.3 is 5.97 Å². The lowest BCUT2D eigenvalue weighted by Crippen LogP contribution is -2.23. The van der Waals surface area contributed by atoms with Gasteiger partial charge in [0.2, 0.25) is 0 Å². The molecular formula is C12H12ClFN4O3. The van der Waals surface area contributed by atoms with Crippen molar-refractivity contribution in [3.8, 4) is 11.4 Å². The minimum Gasteiger partial charge on any atom is -0.481 e. The zero-order chi connectivity index (χ0) is 15.4. The number of carboxylic acid groups (broad SMARTS) is 1. The molecule has 0 saturated carbocycles. The van der Waals surface area contributed by atoms with Gasteiger partial charge in [-0.05, 0) is 22.6 Å². The molecule has 1 unspecified atom stereocenters. The van der Waals surface area contributed by atoms with Crippen LogP contribution in [0.25, 0.3) is 11.4 Å². The number of tetrazole rings is 1. The molecule has 7 nitrogen and oxygen atoms in total. The van der Waals surface area contributed by atoms with Crippen LogP contribution in [-0.4, -0.2) is 44.5 Å². The number of carboxylic acids is 1. The molecule has 0 bridgehead atoms. The van der Waals surface area contributed by atoms with E-state index in [-0.39, 0.29) is 29.4 Å². The van der Waals surface area contributed by atoms with Gasteiger partial charge in [-0.3, -0.25) is 4.79 Å². The van der Waals surface area contributed by atoms with Crippen LogP contribution >= 0.6 is 11.6 Å². The van der Waals surface area contributed by atoms with E-state index in [9.17, 15) is 9.18 Å². The van der Waals surface area contributed by atoms with Crippen molar-refractivity contribution in [2.24, 2.45) is 0 Å². The number of halogens is 2. The standard InChI is InChI=1S/C12H12ClFN4O3/c1-21-7(5-10(19)20)6-18-12(15-16-17-18)11-8(13)3-2-4-9(11)14/h2-4,7H,5-6H2,1H3,(H,19,20). The lowest BCUT2D eigenvalue weighted by Gasteiger charge is -2.14. The van der Waals surface area contributed by atoms with Gasteiger partial charge in [0.15, 0.2) is 5.82 Å². The van der Waals surface area contributed by atoms with Crippen molar-refractivity contribution in [1.82, 2.24) is 20.2 Å². The average molecular weight is 315 g/mol. The smallest absolute Gasteiger partial charge is 0.306 e. The first kappa shape index (κ1) is 15.3. The summed E-state index contributed by atoms with van der Waals surface area (Å²) >= 11 is 5.97. The number of ether oxygens (including phenoxy) is 1. The topological polar surface area (TPSA) is 90.1 Å². The van der Waals surface area contributed by atoms with Crippen molar-refractivity contribution in [2.75, 3.05) is 7.11 Å². The van der Waals surface area contributed by atoms with Gasteiger partial charge in [0.05, 0.1) is 29.7 Å². The normalized spacial score (nSPS) is 12.3. The van der Waals surface area contributed by atoms with Crippen LogP contribution in [0.15, 0.2) is 18.2 Å². The van der Waals surface area contributed by atoms with E-state index in [1.165, 1.54) is 30.0 Å². The molecule has 1 N–H and O–H groups in total. The minimum atomic E-state index is -1.01. The molecule has 0 fully saturated rings. The zero-order valence-electron chi connectivity index (χ0n) is 11.0. The lowest BCUT2D eigenvalue weighted by molar-refractivity contribution is -0.140. The Bertz CT molecular complexity index is 629. The highest BCUT2D eigenvalue weighted by Crippen LogP contribution is 2.28. The van der Waals surface area contributed by atoms with Crippen LogP contribution < -0.4 is 0 Å². The predicted molar refractivity (Wildman–Crippen MR) is 71.3 cm³/mol. The van der Waals surface area contributed by atoms with E-state index in [4.69, 9.17) is 21.4 Å². The van der Waals surface area contributed by atoms with E-state index in [0.29, 0.717) is 0 Å². The van der Waals surface area contributed by atoms with Gasteiger partial charge in [-0.2, -0.15) is 0 Å². The Morgan fingerprint density at radius 3 is 2.95 bits per heavy atom. The molecule has 0 amide bonds. The number of hydrogen-bond acceptors (Lipinski definition) is 5. The zero-order valence-corrected chi connectivity index (χ0v) is 11.8. The second-order valence-corrected chi connectivity index (χ2v) is 4.64. The monoisotopic (exact) mass is 314 g/mol. The van der Waals surface area contributed by atoms with Crippen molar-refractivity contribution in [1.29, 1.82) is 0 Å². The number of nitrogens with zero attached hydrogens (tertiary/aromatic N) is 4. The van der Waals surface area contributed by atoms with Crippen molar-refractivity contribution >= 4 is 17.6 Å². The fourth-order valence-corrected chi connectivity index (χ4v) is 2.08. The van der Waals surface area contributed by atoms with Crippen LogP contribution in [0.4, 0.5) is 4.39 Å². The molecule has 0 aliphatic rings. The summed E-state index contributed by atoms with van der Waals surface area (Å²) in [5.74, 6) is -1.46. The van der Waals surface area contributed by atoms with Crippen LogP contribution in [0, 0.1) is 5.82 Å². The maximum atomic E-state index is 13.9. The number of hydrogen-bond donors (Lipinski definition) is 1. The number of benzene rings is 1.